The molecule has 2 amide bonds. The van der Waals surface area contributed by atoms with Gasteiger partial charge in [-0.05, 0) is 49.4 Å². The Hall–Kier alpha value is -1.84. The molecule has 1 fully saturated rings. The molecule has 1 aromatic rings. The monoisotopic (exact) mass is 274 g/mol. The van der Waals surface area contributed by atoms with Crippen molar-refractivity contribution in [3.63, 3.8) is 0 Å². The van der Waals surface area contributed by atoms with Gasteiger partial charge in [-0.2, -0.15) is 0 Å². The normalized spacial score (nSPS) is 14.2. The number of hydrogen-bond donors (Lipinski definition) is 2. The molecule has 4 heteroatoms. The van der Waals surface area contributed by atoms with Gasteiger partial charge in [0.05, 0.1) is 0 Å². The number of anilines is 1. The van der Waals surface area contributed by atoms with Crippen LogP contribution in [0.2, 0.25) is 0 Å². The van der Waals surface area contributed by atoms with Crippen molar-refractivity contribution < 1.29 is 9.59 Å². The molecule has 0 heterocycles. The SMILES string of the molecule is CC(C)CCNC(=O)c1ccc(NC(=O)C2CC2)cc1. The highest BCUT2D eigenvalue weighted by Crippen LogP contribution is 2.30. The molecule has 0 radical (unpaired) electrons. The van der Waals surface area contributed by atoms with Gasteiger partial charge >= 0.3 is 0 Å². The molecule has 0 unspecified atom stereocenters. The van der Waals surface area contributed by atoms with Crippen LogP contribution >= 0.6 is 0 Å². The third kappa shape index (κ3) is 4.37. The smallest absolute Gasteiger partial charge is 0.251 e. The molecule has 0 aliphatic heterocycles. The van der Waals surface area contributed by atoms with Crippen molar-refractivity contribution in [1.29, 1.82) is 0 Å². The zero-order chi connectivity index (χ0) is 14.5. The Labute approximate surface area is 119 Å². The summed E-state index contributed by atoms with van der Waals surface area (Å²) < 4.78 is 0. The van der Waals surface area contributed by atoms with Crippen molar-refractivity contribution in [2.24, 2.45) is 11.8 Å². The average molecular weight is 274 g/mol. The van der Waals surface area contributed by atoms with Crippen molar-refractivity contribution in [2.45, 2.75) is 33.1 Å². The molecular formula is C16H22N2O2. The van der Waals surface area contributed by atoms with Crippen LogP contribution < -0.4 is 10.6 Å². The van der Waals surface area contributed by atoms with Gasteiger partial charge in [0, 0.05) is 23.7 Å². The van der Waals surface area contributed by atoms with Gasteiger partial charge in [0.15, 0.2) is 0 Å². The van der Waals surface area contributed by atoms with Crippen LogP contribution in [0.25, 0.3) is 0 Å². The van der Waals surface area contributed by atoms with Crippen molar-refractivity contribution >= 4 is 17.5 Å². The summed E-state index contributed by atoms with van der Waals surface area (Å²) in [5, 5.41) is 5.75. The highest BCUT2D eigenvalue weighted by molar-refractivity contribution is 5.96. The maximum Gasteiger partial charge on any atom is 0.251 e. The van der Waals surface area contributed by atoms with Gasteiger partial charge in [-0.3, -0.25) is 9.59 Å². The molecule has 0 atom stereocenters. The maximum atomic E-state index is 11.9. The van der Waals surface area contributed by atoms with Gasteiger partial charge in [0.25, 0.3) is 5.91 Å². The number of carbonyl (C=O) groups is 2. The molecule has 4 nitrogen and oxygen atoms in total. The predicted molar refractivity (Wildman–Crippen MR) is 79.6 cm³/mol. The van der Waals surface area contributed by atoms with E-state index in [4.69, 9.17) is 0 Å². The van der Waals surface area contributed by atoms with Gasteiger partial charge in [0.1, 0.15) is 0 Å². The van der Waals surface area contributed by atoms with E-state index in [2.05, 4.69) is 24.5 Å². The van der Waals surface area contributed by atoms with E-state index in [1.807, 2.05) is 0 Å². The summed E-state index contributed by atoms with van der Waals surface area (Å²) in [5.74, 6) is 0.786. The lowest BCUT2D eigenvalue weighted by Gasteiger charge is -2.08. The predicted octanol–water partition coefficient (Wildman–Crippen LogP) is 2.81. The van der Waals surface area contributed by atoms with E-state index >= 15 is 0 Å². The Kier molecular flexibility index (Phi) is 4.77. The highest BCUT2D eigenvalue weighted by atomic mass is 16.2. The molecule has 0 aromatic heterocycles. The standard InChI is InChI=1S/C16H22N2O2/c1-11(2)9-10-17-15(19)12-5-7-14(8-6-12)18-16(20)13-3-4-13/h5-8,11,13H,3-4,9-10H2,1-2H3,(H,17,19)(H,18,20). The zero-order valence-corrected chi connectivity index (χ0v) is 12.1. The summed E-state index contributed by atoms with van der Waals surface area (Å²) in [6.07, 6.45) is 2.95. The molecule has 0 spiro atoms. The second kappa shape index (κ2) is 6.55. The summed E-state index contributed by atoms with van der Waals surface area (Å²) in [4.78, 5) is 23.5. The summed E-state index contributed by atoms with van der Waals surface area (Å²) in [6, 6.07) is 7.04. The van der Waals surface area contributed by atoms with Gasteiger partial charge in [-0.1, -0.05) is 13.8 Å². The first-order chi connectivity index (χ1) is 9.56. The number of hydrogen-bond acceptors (Lipinski definition) is 2. The minimum atomic E-state index is -0.0641. The molecule has 1 aromatic carbocycles. The highest BCUT2D eigenvalue weighted by Gasteiger charge is 2.29. The molecule has 108 valence electrons. The number of amides is 2. The molecule has 2 N–H and O–H groups in total. The van der Waals surface area contributed by atoms with Crippen molar-refractivity contribution in [2.75, 3.05) is 11.9 Å². The van der Waals surface area contributed by atoms with Crippen LogP contribution in [0, 0.1) is 11.8 Å². The number of carbonyl (C=O) groups excluding carboxylic acids is 2. The van der Waals surface area contributed by atoms with E-state index in [9.17, 15) is 9.59 Å². The third-order valence-corrected chi connectivity index (χ3v) is 3.37. The lowest BCUT2D eigenvalue weighted by molar-refractivity contribution is -0.117. The number of nitrogens with one attached hydrogen (secondary N) is 2. The summed E-state index contributed by atoms with van der Waals surface area (Å²) in [6.45, 7) is 4.95. The molecule has 0 bridgehead atoms. The summed E-state index contributed by atoms with van der Waals surface area (Å²) >= 11 is 0. The second-order valence-electron chi connectivity index (χ2n) is 5.78. The first kappa shape index (κ1) is 14.6. The number of rotatable bonds is 6. The largest absolute Gasteiger partial charge is 0.352 e. The van der Waals surface area contributed by atoms with E-state index < -0.39 is 0 Å². The Morgan fingerprint density at radius 3 is 2.40 bits per heavy atom. The van der Waals surface area contributed by atoms with Crippen molar-refractivity contribution in [3.05, 3.63) is 29.8 Å². The minimum Gasteiger partial charge on any atom is -0.352 e. The topological polar surface area (TPSA) is 58.2 Å². The van der Waals surface area contributed by atoms with E-state index in [0.717, 1.165) is 24.9 Å². The van der Waals surface area contributed by atoms with Crippen LogP contribution in [0.5, 0.6) is 0 Å². The molecule has 2 rings (SSSR count). The van der Waals surface area contributed by atoms with E-state index in [1.54, 1.807) is 24.3 Å². The quantitative estimate of drug-likeness (QED) is 0.838. The molecule has 0 saturated heterocycles. The lowest BCUT2D eigenvalue weighted by Crippen LogP contribution is -2.25. The van der Waals surface area contributed by atoms with Crippen LogP contribution in [-0.4, -0.2) is 18.4 Å². The van der Waals surface area contributed by atoms with Gasteiger partial charge < -0.3 is 10.6 Å². The first-order valence-electron chi connectivity index (χ1n) is 7.25. The van der Waals surface area contributed by atoms with E-state index in [1.165, 1.54) is 0 Å². The fraction of sp³-hybridized carbons (Fsp3) is 0.500. The minimum absolute atomic E-state index is 0.0641. The summed E-state index contributed by atoms with van der Waals surface area (Å²) in [7, 11) is 0. The molecule has 1 aliphatic rings. The maximum absolute atomic E-state index is 11.9. The Morgan fingerprint density at radius 2 is 1.85 bits per heavy atom. The molecule has 20 heavy (non-hydrogen) atoms. The lowest BCUT2D eigenvalue weighted by atomic mass is 10.1. The van der Waals surface area contributed by atoms with Crippen LogP contribution in [0.1, 0.15) is 43.5 Å². The van der Waals surface area contributed by atoms with Crippen LogP contribution in [0.15, 0.2) is 24.3 Å². The van der Waals surface area contributed by atoms with Crippen molar-refractivity contribution in [1.82, 2.24) is 5.32 Å². The Balaban J connectivity index is 1.83. The van der Waals surface area contributed by atoms with Crippen molar-refractivity contribution in [3.8, 4) is 0 Å². The van der Waals surface area contributed by atoms with Gasteiger partial charge in [-0.15, -0.1) is 0 Å². The van der Waals surface area contributed by atoms with E-state index in [0.29, 0.717) is 18.0 Å². The average Bonchev–Trinajstić information content (AvgIpc) is 3.23. The summed E-state index contributed by atoms with van der Waals surface area (Å²) in [5.41, 5.74) is 1.37. The fourth-order valence-electron chi connectivity index (χ4n) is 1.87. The zero-order valence-electron chi connectivity index (χ0n) is 12.1. The third-order valence-electron chi connectivity index (χ3n) is 3.37. The van der Waals surface area contributed by atoms with Crippen LogP contribution in [0.4, 0.5) is 5.69 Å². The molecule has 1 saturated carbocycles. The van der Waals surface area contributed by atoms with E-state index in [-0.39, 0.29) is 17.7 Å². The Bertz CT molecular complexity index is 476. The van der Waals surface area contributed by atoms with Crippen LogP contribution in [0.3, 0.4) is 0 Å². The number of benzene rings is 1. The second-order valence-corrected chi connectivity index (χ2v) is 5.78. The van der Waals surface area contributed by atoms with Gasteiger partial charge in [0.2, 0.25) is 5.91 Å². The van der Waals surface area contributed by atoms with Crippen LogP contribution in [-0.2, 0) is 4.79 Å². The molecule has 1 aliphatic carbocycles. The molecular weight excluding hydrogens is 252 g/mol. The van der Waals surface area contributed by atoms with Gasteiger partial charge in [-0.25, -0.2) is 0 Å². The fourth-order valence-corrected chi connectivity index (χ4v) is 1.87. The Morgan fingerprint density at radius 1 is 1.20 bits per heavy atom. The first-order valence-corrected chi connectivity index (χ1v) is 7.25.